The number of nitrogens with zero attached hydrogens (tertiary/aromatic N) is 1. The topological polar surface area (TPSA) is 23.5 Å². The smallest absolute Gasteiger partial charge is 0.0460 e. The third-order valence-electron chi connectivity index (χ3n) is 3.40. The Hall–Kier alpha value is 0.400. The monoisotopic (exact) mass is 277 g/mol. The molecular formula is C12H24BrNO. The minimum atomic E-state index is 0.380. The zero-order valence-corrected chi connectivity index (χ0v) is 11.4. The molecule has 1 saturated heterocycles. The van der Waals surface area contributed by atoms with Gasteiger partial charge in [-0.05, 0) is 44.2 Å². The molecule has 1 fully saturated rings. The van der Waals surface area contributed by atoms with Crippen molar-refractivity contribution in [1.29, 1.82) is 0 Å². The van der Waals surface area contributed by atoms with Crippen LogP contribution in [0.1, 0.15) is 32.6 Å². The Morgan fingerprint density at radius 1 is 1.40 bits per heavy atom. The second-order valence-electron chi connectivity index (χ2n) is 4.74. The molecular weight excluding hydrogens is 254 g/mol. The Morgan fingerprint density at radius 3 is 2.53 bits per heavy atom. The van der Waals surface area contributed by atoms with Gasteiger partial charge in [0, 0.05) is 18.5 Å². The number of aliphatic hydroxyl groups excluding tert-OH is 1. The number of piperidine rings is 1. The van der Waals surface area contributed by atoms with Crippen LogP contribution in [-0.4, -0.2) is 41.6 Å². The molecule has 2 nitrogen and oxygen atoms in total. The molecule has 1 aliphatic rings. The fraction of sp³-hybridized carbons (Fsp3) is 1.00. The van der Waals surface area contributed by atoms with Crippen molar-refractivity contribution in [3.63, 3.8) is 0 Å². The second kappa shape index (κ2) is 7.64. The quantitative estimate of drug-likeness (QED) is 0.755. The molecule has 1 rings (SSSR count). The lowest BCUT2D eigenvalue weighted by atomic mass is 9.96. The average molecular weight is 278 g/mol. The number of halogens is 1. The summed E-state index contributed by atoms with van der Waals surface area (Å²) in [7, 11) is 0. The molecule has 90 valence electrons. The van der Waals surface area contributed by atoms with Crippen LogP contribution >= 0.6 is 15.9 Å². The van der Waals surface area contributed by atoms with Crippen molar-refractivity contribution >= 4 is 15.9 Å². The first kappa shape index (κ1) is 13.5. The number of alkyl halides is 1. The van der Waals surface area contributed by atoms with E-state index in [0.29, 0.717) is 12.5 Å². The molecule has 0 aromatic heterocycles. The lowest BCUT2D eigenvalue weighted by Crippen LogP contribution is -2.38. The van der Waals surface area contributed by atoms with Gasteiger partial charge in [-0.25, -0.2) is 0 Å². The van der Waals surface area contributed by atoms with Gasteiger partial charge >= 0.3 is 0 Å². The number of hydrogen-bond acceptors (Lipinski definition) is 2. The van der Waals surface area contributed by atoms with Crippen LogP contribution in [0.2, 0.25) is 0 Å². The van der Waals surface area contributed by atoms with Crippen LogP contribution in [0.4, 0.5) is 0 Å². The molecule has 3 heteroatoms. The number of rotatable bonds is 6. The van der Waals surface area contributed by atoms with Crippen molar-refractivity contribution in [3.05, 3.63) is 0 Å². The van der Waals surface area contributed by atoms with Gasteiger partial charge in [0.2, 0.25) is 0 Å². The van der Waals surface area contributed by atoms with Gasteiger partial charge in [-0.1, -0.05) is 29.3 Å². The van der Waals surface area contributed by atoms with E-state index in [4.69, 9.17) is 5.11 Å². The fourth-order valence-corrected chi connectivity index (χ4v) is 2.87. The lowest BCUT2D eigenvalue weighted by molar-refractivity contribution is 0.121. The standard InChI is InChI=1S/C12H24BrNO/c1-2-3-12(8-13)9-14-6-4-11(10-15)5-7-14/h11-12,15H,2-10H2,1H3. The van der Waals surface area contributed by atoms with Crippen LogP contribution in [0.25, 0.3) is 0 Å². The summed E-state index contributed by atoms with van der Waals surface area (Å²) in [5.41, 5.74) is 0. The first-order valence-corrected chi connectivity index (χ1v) is 7.31. The van der Waals surface area contributed by atoms with Crippen molar-refractivity contribution in [1.82, 2.24) is 4.90 Å². The molecule has 0 radical (unpaired) electrons. The maximum Gasteiger partial charge on any atom is 0.0460 e. The third-order valence-corrected chi connectivity index (χ3v) is 4.31. The Balaban J connectivity index is 2.21. The van der Waals surface area contributed by atoms with Crippen LogP contribution in [0.15, 0.2) is 0 Å². The maximum absolute atomic E-state index is 9.06. The summed E-state index contributed by atoms with van der Waals surface area (Å²) in [6.45, 7) is 6.23. The highest BCUT2D eigenvalue weighted by molar-refractivity contribution is 9.09. The van der Waals surface area contributed by atoms with Gasteiger partial charge in [-0.3, -0.25) is 0 Å². The predicted molar refractivity (Wildman–Crippen MR) is 68.4 cm³/mol. The van der Waals surface area contributed by atoms with E-state index in [1.165, 1.54) is 45.3 Å². The molecule has 0 saturated carbocycles. The van der Waals surface area contributed by atoms with E-state index < -0.39 is 0 Å². The van der Waals surface area contributed by atoms with Gasteiger partial charge in [-0.2, -0.15) is 0 Å². The molecule has 1 aliphatic heterocycles. The van der Waals surface area contributed by atoms with Crippen LogP contribution in [0.5, 0.6) is 0 Å². The van der Waals surface area contributed by atoms with Crippen molar-refractivity contribution in [2.45, 2.75) is 32.6 Å². The molecule has 0 amide bonds. The van der Waals surface area contributed by atoms with Gasteiger partial charge in [-0.15, -0.1) is 0 Å². The first-order chi connectivity index (χ1) is 7.30. The molecule has 1 N–H and O–H groups in total. The number of likely N-dealkylation sites (tertiary alicyclic amines) is 1. The zero-order valence-electron chi connectivity index (χ0n) is 9.79. The van der Waals surface area contributed by atoms with Gasteiger partial charge in [0.25, 0.3) is 0 Å². The third kappa shape index (κ3) is 4.83. The van der Waals surface area contributed by atoms with Gasteiger partial charge < -0.3 is 10.0 Å². The minimum Gasteiger partial charge on any atom is -0.396 e. The van der Waals surface area contributed by atoms with Gasteiger partial charge in [0.15, 0.2) is 0 Å². The van der Waals surface area contributed by atoms with E-state index in [0.717, 1.165) is 11.2 Å². The molecule has 0 aliphatic carbocycles. The number of aliphatic hydroxyl groups is 1. The first-order valence-electron chi connectivity index (χ1n) is 6.19. The van der Waals surface area contributed by atoms with E-state index in [2.05, 4.69) is 27.8 Å². The van der Waals surface area contributed by atoms with E-state index in [1.807, 2.05) is 0 Å². The van der Waals surface area contributed by atoms with Crippen LogP contribution in [0, 0.1) is 11.8 Å². The number of hydrogen-bond donors (Lipinski definition) is 1. The molecule has 15 heavy (non-hydrogen) atoms. The summed E-state index contributed by atoms with van der Waals surface area (Å²) >= 11 is 3.60. The summed E-state index contributed by atoms with van der Waals surface area (Å²) in [5.74, 6) is 1.37. The second-order valence-corrected chi connectivity index (χ2v) is 5.38. The van der Waals surface area contributed by atoms with E-state index in [-0.39, 0.29) is 0 Å². The zero-order chi connectivity index (χ0) is 11.1. The summed E-state index contributed by atoms with van der Waals surface area (Å²) in [5, 5.41) is 10.2. The minimum absolute atomic E-state index is 0.380. The van der Waals surface area contributed by atoms with E-state index in [9.17, 15) is 0 Å². The summed E-state index contributed by atoms with van der Waals surface area (Å²) < 4.78 is 0. The highest BCUT2D eigenvalue weighted by Crippen LogP contribution is 2.19. The Bertz CT molecular complexity index is 158. The summed E-state index contributed by atoms with van der Waals surface area (Å²) in [6.07, 6.45) is 4.96. The Morgan fingerprint density at radius 2 is 2.07 bits per heavy atom. The molecule has 0 bridgehead atoms. The molecule has 1 unspecified atom stereocenters. The van der Waals surface area contributed by atoms with Crippen LogP contribution in [-0.2, 0) is 0 Å². The van der Waals surface area contributed by atoms with Crippen LogP contribution < -0.4 is 0 Å². The van der Waals surface area contributed by atoms with Crippen molar-refractivity contribution in [2.75, 3.05) is 31.6 Å². The Labute approximate surface area is 102 Å². The summed E-state index contributed by atoms with van der Waals surface area (Å²) in [6, 6.07) is 0. The van der Waals surface area contributed by atoms with Crippen molar-refractivity contribution in [2.24, 2.45) is 11.8 Å². The van der Waals surface area contributed by atoms with Gasteiger partial charge in [0.05, 0.1) is 0 Å². The van der Waals surface area contributed by atoms with Crippen molar-refractivity contribution in [3.8, 4) is 0 Å². The molecule has 0 aromatic rings. The molecule has 1 heterocycles. The summed E-state index contributed by atoms with van der Waals surface area (Å²) in [4.78, 5) is 2.56. The molecule has 1 atom stereocenters. The Kier molecular flexibility index (Phi) is 6.86. The highest BCUT2D eigenvalue weighted by Gasteiger charge is 2.20. The van der Waals surface area contributed by atoms with Crippen molar-refractivity contribution < 1.29 is 5.11 Å². The predicted octanol–water partition coefficient (Wildman–Crippen LogP) is 2.50. The van der Waals surface area contributed by atoms with E-state index in [1.54, 1.807) is 0 Å². The largest absolute Gasteiger partial charge is 0.396 e. The normalized spacial score (nSPS) is 21.8. The maximum atomic E-state index is 9.06. The van der Waals surface area contributed by atoms with E-state index >= 15 is 0 Å². The molecule has 0 spiro atoms. The molecule has 0 aromatic carbocycles. The lowest BCUT2D eigenvalue weighted by Gasteiger charge is -2.33. The SMILES string of the molecule is CCCC(CBr)CN1CCC(CO)CC1. The highest BCUT2D eigenvalue weighted by atomic mass is 79.9. The van der Waals surface area contributed by atoms with Gasteiger partial charge in [0.1, 0.15) is 0 Å². The fourth-order valence-electron chi connectivity index (χ4n) is 2.34. The van der Waals surface area contributed by atoms with Crippen LogP contribution in [0.3, 0.4) is 0 Å². The average Bonchev–Trinajstić information content (AvgIpc) is 2.29.